The first-order valence-electron chi connectivity index (χ1n) is 6.85. The van der Waals surface area contributed by atoms with Gasteiger partial charge in [0.2, 0.25) is 0 Å². The van der Waals surface area contributed by atoms with E-state index in [-0.39, 0.29) is 5.63 Å². The molecule has 0 N–H and O–H groups in total. The molecule has 3 heteroatoms. The maximum Gasteiger partial charge on any atom is 0.336 e. The molecule has 0 aliphatic heterocycles. The molecule has 0 radical (unpaired) electrons. The van der Waals surface area contributed by atoms with Gasteiger partial charge in [-0.2, -0.15) is 0 Å². The number of hydrogen-bond acceptors (Lipinski definition) is 3. The zero-order valence-electron chi connectivity index (χ0n) is 12.8. The van der Waals surface area contributed by atoms with E-state index in [2.05, 4.69) is 6.08 Å². The van der Waals surface area contributed by atoms with Crippen molar-refractivity contribution in [2.24, 2.45) is 0 Å². The van der Waals surface area contributed by atoms with Crippen molar-refractivity contribution in [2.45, 2.75) is 34.1 Å². The average Bonchev–Trinajstić information content (AvgIpc) is 2.46. The van der Waals surface area contributed by atoms with Crippen LogP contribution in [-0.4, -0.2) is 7.11 Å². The monoisotopic (exact) mass is 274 g/mol. The van der Waals surface area contributed by atoms with Crippen LogP contribution in [0.15, 0.2) is 45.1 Å². The van der Waals surface area contributed by atoms with E-state index in [1.807, 2.05) is 39.8 Å². The predicted molar refractivity (Wildman–Crippen MR) is 83.5 cm³/mol. The smallest absolute Gasteiger partial charge is 0.336 e. The molecule has 1 aromatic carbocycles. The van der Waals surface area contributed by atoms with Crippen LogP contribution in [0.5, 0.6) is 5.75 Å². The van der Waals surface area contributed by atoms with Gasteiger partial charge in [0.1, 0.15) is 11.3 Å². The lowest BCUT2D eigenvalue weighted by molar-refractivity contribution is 0.409. The molecule has 1 heterocycles. The fourth-order valence-electron chi connectivity index (χ4n) is 1.86. The van der Waals surface area contributed by atoms with Gasteiger partial charge in [0.15, 0.2) is 0 Å². The third-order valence-electron chi connectivity index (χ3n) is 2.78. The van der Waals surface area contributed by atoms with Crippen LogP contribution in [0.3, 0.4) is 0 Å². The number of methoxy groups -OCH3 is 1. The summed E-state index contributed by atoms with van der Waals surface area (Å²) in [6.45, 7) is 8.07. The summed E-state index contributed by atoms with van der Waals surface area (Å²) in [7, 11) is 1.62. The molecule has 0 fully saturated rings. The van der Waals surface area contributed by atoms with Crippen molar-refractivity contribution in [3.63, 3.8) is 0 Å². The van der Waals surface area contributed by atoms with E-state index in [0.29, 0.717) is 12.0 Å². The third kappa shape index (κ3) is 3.73. The summed E-state index contributed by atoms with van der Waals surface area (Å²) in [6.07, 6.45) is 2.78. The Morgan fingerprint density at radius 2 is 1.85 bits per heavy atom. The Bertz CT molecular complexity index is 647. The van der Waals surface area contributed by atoms with Crippen molar-refractivity contribution in [3.8, 4) is 5.75 Å². The Balaban J connectivity index is 0.000000956. The second-order valence-corrected chi connectivity index (χ2v) is 4.40. The summed E-state index contributed by atoms with van der Waals surface area (Å²) in [5.41, 5.74) is 2.40. The lowest BCUT2D eigenvalue weighted by Gasteiger charge is -2.09. The number of hydrogen-bond donors (Lipinski definition) is 0. The Labute approximate surface area is 119 Å². The molecule has 20 heavy (non-hydrogen) atoms. The molecule has 0 aliphatic carbocycles. The molecule has 0 bridgehead atoms. The minimum atomic E-state index is -0.339. The van der Waals surface area contributed by atoms with E-state index in [1.54, 1.807) is 13.2 Å². The fourth-order valence-corrected chi connectivity index (χ4v) is 1.86. The van der Waals surface area contributed by atoms with E-state index >= 15 is 0 Å². The summed E-state index contributed by atoms with van der Waals surface area (Å²) in [4.78, 5) is 11.4. The van der Waals surface area contributed by atoms with Crippen molar-refractivity contribution in [2.75, 3.05) is 7.11 Å². The Kier molecular flexibility index (Phi) is 6.04. The highest BCUT2D eigenvalue weighted by molar-refractivity contribution is 5.82. The van der Waals surface area contributed by atoms with Gasteiger partial charge in [0.25, 0.3) is 0 Å². The van der Waals surface area contributed by atoms with Crippen LogP contribution in [0, 0.1) is 0 Å². The van der Waals surface area contributed by atoms with Crippen LogP contribution in [0.4, 0.5) is 0 Å². The maximum atomic E-state index is 11.4. The van der Waals surface area contributed by atoms with Crippen LogP contribution in [-0.2, 0) is 6.42 Å². The van der Waals surface area contributed by atoms with Crippen molar-refractivity contribution in [3.05, 3.63) is 51.9 Å². The molecule has 0 saturated carbocycles. The number of benzene rings is 1. The van der Waals surface area contributed by atoms with Gasteiger partial charge >= 0.3 is 5.63 Å². The molecule has 2 rings (SSSR count). The van der Waals surface area contributed by atoms with Crippen molar-refractivity contribution in [1.29, 1.82) is 0 Å². The molecule has 2 aromatic rings. The highest BCUT2D eigenvalue weighted by atomic mass is 16.5. The highest BCUT2D eigenvalue weighted by Crippen LogP contribution is 2.28. The highest BCUT2D eigenvalue weighted by Gasteiger charge is 2.09. The van der Waals surface area contributed by atoms with Crippen molar-refractivity contribution >= 4 is 11.0 Å². The Morgan fingerprint density at radius 3 is 2.45 bits per heavy atom. The zero-order chi connectivity index (χ0) is 15.1. The molecule has 1 aromatic heterocycles. The van der Waals surface area contributed by atoms with E-state index < -0.39 is 0 Å². The molecule has 0 atom stereocenters. The normalized spacial score (nSPS) is 9.65. The van der Waals surface area contributed by atoms with Gasteiger partial charge in [-0.3, -0.25) is 0 Å². The molecule has 3 nitrogen and oxygen atoms in total. The second kappa shape index (κ2) is 7.53. The molecule has 108 valence electrons. The number of ether oxygens (including phenoxy) is 1. The predicted octanol–water partition coefficient (Wildman–Crippen LogP) is 4.34. The first-order valence-corrected chi connectivity index (χ1v) is 6.85. The summed E-state index contributed by atoms with van der Waals surface area (Å²) >= 11 is 0. The van der Waals surface area contributed by atoms with E-state index in [4.69, 9.17) is 9.15 Å². The number of rotatable bonds is 3. The largest absolute Gasteiger partial charge is 0.496 e. The average molecular weight is 274 g/mol. The molecule has 0 spiro atoms. The molecular weight excluding hydrogens is 252 g/mol. The molecule has 0 aliphatic rings. The summed E-state index contributed by atoms with van der Waals surface area (Å²) in [6, 6.07) is 6.99. The summed E-state index contributed by atoms with van der Waals surface area (Å²) in [5.74, 6) is 0.745. The number of allylic oxidation sites excluding steroid dienone is 2. The second-order valence-electron chi connectivity index (χ2n) is 4.40. The quantitative estimate of drug-likeness (QED) is 0.617. The van der Waals surface area contributed by atoms with Gasteiger partial charge in [-0.15, -0.1) is 0 Å². The van der Waals surface area contributed by atoms with Gasteiger partial charge in [-0.25, -0.2) is 4.79 Å². The van der Waals surface area contributed by atoms with Crippen LogP contribution in [0.1, 0.15) is 33.3 Å². The lowest BCUT2D eigenvalue weighted by Crippen LogP contribution is -1.99. The molecule has 0 unspecified atom stereocenters. The standard InChI is InChI=1S/C15H16O3.C2H6/c1-10(2)4-7-12-13(17-3)8-5-11-6-9-14(16)18-15(11)12;1-2/h4-6,8-9H,7H2,1-3H3;1-2H3. The van der Waals surface area contributed by atoms with E-state index in [9.17, 15) is 4.79 Å². The van der Waals surface area contributed by atoms with Gasteiger partial charge in [0, 0.05) is 17.0 Å². The van der Waals surface area contributed by atoms with Gasteiger partial charge < -0.3 is 9.15 Å². The van der Waals surface area contributed by atoms with Gasteiger partial charge in [-0.1, -0.05) is 25.5 Å². The topological polar surface area (TPSA) is 39.4 Å². The van der Waals surface area contributed by atoms with Crippen LogP contribution < -0.4 is 10.4 Å². The minimum absolute atomic E-state index is 0.339. The zero-order valence-corrected chi connectivity index (χ0v) is 12.8. The third-order valence-corrected chi connectivity index (χ3v) is 2.78. The van der Waals surface area contributed by atoms with Gasteiger partial charge in [-0.05, 0) is 38.5 Å². The SMILES string of the molecule is CC.COc1ccc2ccc(=O)oc2c1CC=C(C)C. The van der Waals surface area contributed by atoms with Crippen LogP contribution >= 0.6 is 0 Å². The fraction of sp³-hybridized carbons (Fsp3) is 0.353. The minimum Gasteiger partial charge on any atom is -0.496 e. The van der Waals surface area contributed by atoms with E-state index in [1.165, 1.54) is 11.6 Å². The van der Waals surface area contributed by atoms with Crippen molar-refractivity contribution < 1.29 is 9.15 Å². The first kappa shape index (κ1) is 16.0. The maximum absolute atomic E-state index is 11.4. The number of fused-ring (bicyclic) bond motifs is 1. The van der Waals surface area contributed by atoms with Crippen molar-refractivity contribution in [1.82, 2.24) is 0 Å². The van der Waals surface area contributed by atoms with E-state index in [0.717, 1.165) is 16.7 Å². The lowest BCUT2D eigenvalue weighted by atomic mass is 10.1. The first-order chi connectivity index (χ1) is 9.61. The summed E-state index contributed by atoms with van der Waals surface area (Å²) in [5, 5.41) is 0.910. The molecule has 0 amide bonds. The molecular formula is C17H22O3. The van der Waals surface area contributed by atoms with Crippen LogP contribution in [0.2, 0.25) is 0 Å². The molecule has 0 saturated heterocycles. The Morgan fingerprint density at radius 1 is 1.20 bits per heavy atom. The van der Waals surface area contributed by atoms with Gasteiger partial charge in [0.05, 0.1) is 7.11 Å². The summed E-state index contributed by atoms with van der Waals surface area (Å²) < 4.78 is 10.6. The van der Waals surface area contributed by atoms with Crippen LogP contribution in [0.25, 0.3) is 11.0 Å². The Hall–Kier alpha value is -2.03.